The first-order valence-corrected chi connectivity index (χ1v) is 3.26. The zero-order valence-electron chi connectivity index (χ0n) is 6.72. The molecule has 8 heteroatoms. The largest absolute Gasteiger partial charge is 0.359 e. The highest BCUT2D eigenvalue weighted by molar-refractivity contribution is 5.79. The van der Waals surface area contributed by atoms with Crippen molar-refractivity contribution < 1.29 is 14.3 Å². The quantitative estimate of drug-likeness (QED) is 0.335. The molecule has 1 rings (SSSR count). The summed E-state index contributed by atoms with van der Waals surface area (Å²) < 4.78 is 4.23. The molecule has 0 fully saturated rings. The monoisotopic (exact) mass is 185 g/mol. The first kappa shape index (κ1) is 8.97. The van der Waals surface area contributed by atoms with Gasteiger partial charge in [-0.25, -0.2) is 10.2 Å². The molecule has 1 aromatic heterocycles. The SMILES string of the molecule is Cc1c(/C=N/NC(N)=O)no[n+]1[O-]. The van der Waals surface area contributed by atoms with Crippen LogP contribution >= 0.6 is 0 Å². The number of nitrogens with one attached hydrogen (secondary N) is 1. The van der Waals surface area contributed by atoms with Crippen molar-refractivity contribution in [3.8, 4) is 0 Å². The molecule has 0 saturated carbocycles. The number of urea groups is 1. The molecule has 0 spiro atoms. The van der Waals surface area contributed by atoms with Crippen molar-refractivity contribution in [3.05, 3.63) is 16.6 Å². The third kappa shape index (κ3) is 2.15. The number of hydrogen-bond donors (Lipinski definition) is 2. The maximum Gasteiger partial charge on any atom is 0.332 e. The van der Waals surface area contributed by atoms with Gasteiger partial charge in [0.1, 0.15) is 6.21 Å². The Hall–Kier alpha value is -2.12. The predicted molar refractivity (Wildman–Crippen MR) is 40.5 cm³/mol. The summed E-state index contributed by atoms with van der Waals surface area (Å²) in [5.74, 6) is 0. The van der Waals surface area contributed by atoms with Crippen molar-refractivity contribution in [1.82, 2.24) is 10.6 Å². The highest BCUT2D eigenvalue weighted by atomic mass is 16.8. The van der Waals surface area contributed by atoms with E-state index in [1.54, 1.807) is 0 Å². The van der Waals surface area contributed by atoms with E-state index in [1.807, 2.05) is 5.43 Å². The van der Waals surface area contributed by atoms with Crippen molar-refractivity contribution in [2.24, 2.45) is 10.8 Å². The van der Waals surface area contributed by atoms with Gasteiger partial charge in [-0.1, -0.05) is 0 Å². The van der Waals surface area contributed by atoms with Crippen LogP contribution in [0.1, 0.15) is 11.4 Å². The first-order chi connectivity index (χ1) is 6.11. The third-order valence-electron chi connectivity index (χ3n) is 1.22. The van der Waals surface area contributed by atoms with Crippen LogP contribution in [-0.2, 0) is 0 Å². The van der Waals surface area contributed by atoms with E-state index < -0.39 is 6.03 Å². The van der Waals surface area contributed by atoms with Gasteiger partial charge in [-0.3, -0.25) is 4.63 Å². The number of amides is 2. The van der Waals surface area contributed by atoms with Crippen molar-refractivity contribution in [3.63, 3.8) is 0 Å². The van der Waals surface area contributed by atoms with Gasteiger partial charge in [0.05, 0.1) is 0 Å². The maximum atomic E-state index is 10.7. The van der Waals surface area contributed by atoms with Gasteiger partial charge in [-0.2, -0.15) is 5.10 Å². The molecule has 0 atom stereocenters. The Kier molecular flexibility index (Phi) is 2.43. The lowest BCUT2D eigenvalue weighted by Crippen LogP contribution is -2.26. The number of hydrazone groups is 1. The van der Waals surface area contributed by atoms with Crippen LogP contribution < -0.4 is 16.1 Å². The number of hydrogen-bond acceptors (Lipinski definition) is 5. The van der Waals surface area contributed by atoms with E-state index >= 15 is 0 Å². The summed E-state index contributed by atoms with van der Waals surface area (Å²) in [6.07, 6.45) is 1.15. The number of primary amides is 1. The van der Waals surface area contributed by atoms with Crippen molar-refractivity contribution >= 4 is 12.2 Å². The minimum absolute atomic E-state index is 0.226. The second-order valence-corrected chi connectivity index (χ2v) is 2.13. The molecule has 0 bridgehead atoms. The maximum absolute atomic E-state index is 10.7. The second-order valence-electron chi connectivity index (χ2n) is 2.13. The van der Waals surface area contributed by atoms with Gasteiger partial charge >= 0.3 is 6.03 Å². The fourth-order valence-corrected chi connectivity index (χ4v) is 0.576. The molecule has 3 N–H and O–H groups in total. The van der Waals surface area contributed by atoms with Crippen molar-refractivity contribution in [1.29, 1.82) is 0 Å². The molecule has 70 valence electrons. The third-order valence-corrected chi connectivity index (χ3v) is 1.22. The van der Waals surface area contributed by atoms with Crippen molar-refractivity contribution in [2.75, 3.05) is 0 Å². The Morgan fingerprint density at radius 1 is 1.92 bits per heavy atom. The second kappa shape index (κ2) is 3.52. The van der Waals surface area contributed by atoms with Crippen molar-refractivity contribution in [2.45, 2.75) is 6.92 Å². The molecule has 2 amide bonds. The van der Waals surface area contributed by atoms with E-state index in [9.17, 15) is 10.0 Å². The van der Waals surface area contributed by atoms with E-state index in [0.29, 0.717) is 0 Å². The van der Waals surface area contributed by atoms with Crippen LogP contribution in [0.3, 0.4) is 0 Å². The molecule has 0 saturated heterocycles. The number of rotatable bonds is 2. The molecule has 1 aromatic rings. The zero-order valence-corrected chi connectivity index (χ0v) is 6.72. The zero-order chi connectivity index (χ0) is 9.84. The summed E-state index contributed by atoms with van der Waals surface area (Å²) in [6, 6.07) is -0.799. The molecule has 0 aliphatic carbocycles. The molecular formula is C5H7N5O3. The standard InChI is InChI=1S/C5H7N5O3/c1-3-4(9-13-10(3)12)2-7-8-5(6)11/h2H,1H3,(H3,6,8,11)/b7-2+. The van der Waals surface area contributed by atoms with Crippen LogP contribution in [0, 0.1) is 12.1 Å². The number of carbonyl (C=O) groups excluding carboxylic acids is 1. The topological polar surface area (TPSA) is 120 Å². The summed E-state index contributed by atoms with van der Waals surface area (Å²) in [6.45, 7) is 1.50. The van der Waals surface area contributed by atoms with Gasteiger partial charge in [-0.05, 0) is 4.90 Å². The number of aromatic nitrogens is 2. The van der Waals surface area contributed by atoms with Gasteiger partial charge < -0.3 is 10.9 Å². The van der Waals surface area contributed by atoms with E-state index in [0.717, 1.165) is 6.21 Å². The molecule has 0 aliphatic rings. The summed E-state index contributed by atoms with van der Waals surface area (Å²) >= 11 is 0. The molecule has 13 heavy (non-hydrogen) atoms. The van der Waals surface area contributed by atoms with E-state index in [-0.39, 0.29) is 16.3 Å². The molecule has 1 heterocycles. The summed E-state index contributed by atoms with van der Waals surface area (Å²) in [5, 5.41) is 17.4. The van der Waals surface area contributed by atoms with Gasteiger partial charge in [0.2, 0.25) is 5.69 Å². The van der Waals surface area contributed by atoms with Crippen LogP contribution in [0.4, 0.5) is 4.79 Å². The Balaban J connectivity index is 2.69. The average Bonchev–Trinajstić information content (AvgIpc) is 2.35. The van der Waals surface area contributed by atoms with Crippen LogP contribution in [0.2, 0.25) is 0 Å². The molecule has 8 nitrogen and oxygen atoms in total. The fraction of sp³-hybridized carbons (Fsp3) is 0.200. The first-order valence-electron chi connectivity index (χ1n) is 3.26. The molecule has 0 aliphatic heterocycles. The molecule has 0 unspecified atom stereocenters. The Bertz CT molecular complexity index is 344. The van der Waals surface area contributed by atoms with Gasteiger partial charge in [0.15, 0.2) is 0 Å². The fourth-order valence-electron chi connectivity index (χ4n) is 0.576. The predicted octanol–water partition coefficient (Wildman–Crippen LogP) is -1.38. The smallest absolute Gasteiger partial charge is 0.332 e. The van der Waals surface area contributed by atoms with Crippen LogP contribution in [0.15, 0.2) is 9.73 Å². The van der Waals surface area contributed by atoms with Gasteiger partial charge in [0.25, 0.3) is 5.69 Å². The van der Waals surface area contributed by atoms with Crippen LogP contribution in [0.25, 0.3) is 0 Å². The molecular weight excluding hydrogens is 178 g/mol. The summed E-state index contributed by atoms with van der Waals surface area (Å²) in [7, 11) is 0. The van der Waals surface area contributed by atoms with E-state index in [4.69, 9.17) is 5.73 Å². The Morgan fingerprint density at radius 3 is 3.08 bits per heavy atom. The average molecular weight is 185 g/mol. The number of nitrogens with zero attached hydrogens (tertiary/aromatic N) is 3. The highest BCUT2D eigenvalue weighted by Gasteiger charge is 2.10. The minimum Gasteiger partial charge on any atom is -0.359 e. The van der Waals surface area contributed by atoms with Crippen LogP contribution in [0.5, 0.6) is 0 Å². The van der Waals surface area contributed by atoms with E-state index in [2.05, 4.69) is 14.9 Å². The summed E-state index contributed by atoms with van der Waals surface area (Å²) in [5.41, 5.74) is 7.14. The van der Waals surface area contributed by atoms with E-state index in [1.165, 1.54) is 6.92 Å². The lowest BCUT2D eigenvalue weighted by Gasteiger charge is -1.87. The highest BCUT2D eigenvalue weighted by Crippen LogP contribution is 1.92. The Labute approximate surface area is 72.5 Å². The van der Waals surface area contributed by atoms with Gasteiger partial charge in [0, 0.05) is 12.1 Å². The lowest BCUT2D eigenvalue weighted by molar-refractivity contribution is -0.806. The molecule has 0 aromatic carbocycles. The number of nitrogens with two attached hydrogens (primary N) is 1. The minimum atomic E-state index is -0.799. The van der Waals surface area contributed by atoms with Gasteiger partial charge in [-0.15, -0.1) is 0 Å². The summed E-state index contributed by atoms with van der Waals surface area (Å²) in [4.78, 5) is 10.4. The normalized spacial score (nSPS) is 10.5. The Morgan fingerprint density at radius 2 is 2.62 bits per heavy atom. The molecule has 0 radical (unpaired) electrons. The lowest BCUT2D eigenvalue weighted by atomic mass is 10.4. The van der Waals surface area contributed by atoms with Crippen LogP contribution in [-0.4, -0.2) is 17.4 Å². The number of carbonyl (C=O) groups is 1.